The van der Waals surface area contributed by atoms with E-state index in [0.717, 1.165) is 5.56 Å². The number of fused-ring (bicyclic) bond motifs is 1. The normalized spacial score (nSPS) is 14.8. The maximum absolute atomic E-state index is 13.7. The van der Waals surface area contributed by atoms with Crippen molar-refractivity contribution in [3.8, 4) is 5.75 Å². The molecule has 1 aliphatic rings. The highest BCUT2D eigenvalue weighted by atomic mass is 32.1. The Balaban J connectivity index is 1.55. The molecule has 0 amide bonds. The number of benzene rings is 3. The minimum atomic E-state index is -0.752. The van der Waals surface area contributed by atoms with Crippen LogP contribution in [-0.4, -0.2) is 22.1 Å². The van der Waals surface area contributed by atoms with E-state index in [0.29, 0.717) is 38.5 Å². The number of nitro groups is 1. The summed E-state index contributed by atoms with van der Waals surface area (Å²) in [6.07, 6.45) is 1.66. The smallest absolute Gasteiger partial charge is 0.338 e. The van der Waals surface area contributed by atoms with Gasteiger partial charge in [0.15, 0.2) is 4.80 Å². The maximum atomic E-state index is 13.7. The molecule has 4 aromatic rings. The fourth-order valence-electron chi connectivity index (χ4n) is 4.44. The SMILES string of the molecule is CCOC(=O)C1=C(C)N=c2s/c(=C\c3ccc([N+](=O)[O-])cc3)c(=O)n2C1c1ccc(OCc2ccccc2)cc1. The lowest BCUT2D eigenvalue weighted by Gasteiger charge is -2.24. The van der Waals surface area contributed by atoms with Crippen LogP contribution in [0, 0.1) is 10.1 Å². The minimum Gasteiger partial charge on any atom is -0.489 e. The number of thiazole rings is 1. The predicted molar refractivity (Wildman–Crippen MR) is 151 cm³/mol. The Bertz CT molecular complexity index is 1770. The molecule has 9 nitrogen and oxygen atoms in total. The molecule has 10 heteroatoms. The van der Waals surface area contributed by atoms with Crippen LogP contribution >= 0.6 is 11.3 Å². The van der Waals surface area contributed by atoms with E-state index in [1.807, 2.05) is 54.6 Å². The lowest BCUT2D eigenvalue weighted by atomic mass is 9.96. The van der Waals surface area contributed by atoms with Crippen LogP contribution in [0.25, 0.3) is 6.08 Å². The van der Waals surface area contributed by atoms with Gasteiger partial charge in [0, 0.05) is 12.1 Å². The lowest BCUT2D eigenvalue weighted by molar-refractivity contribution is -0.384. The van der Waals surface area contributed by atoms with Crippen molar-refractivity contribution in [2.45, 2.75) is 26.5 Å². The molecule has 1 aromatic heterocycles. The van der Waals surface area contributed by atoms with Crippen LogP contribution in [0.15, 0.2) is 99.9 Å². The summed E-state index contributed by atoms with van der Waals surface area (Å²) in [6, 6.07) is 22.3. The summed E-state index contributed by atoms with van der Waals surface area (Å²) in [5, 5.41) is 11.0. The number of nitro benzene ring substituents is 1. The first kappa shape index (κ1) is 26.8. The van der Waals surface area contributed by atoms with Crippen LogP contribution < -0.4 is 19.6 Å². The fourth-order valence-corrected chi connectivity index (χ4v) is 5.48. The number of carbonyl (C=O) groups is 1. The van der Waals surface area contributed by atoms with Gasteiger partial charge in [-0.1, -0.05) is 53.8 Å². The van der Waals surface area contributed by atoms with Gasteiger partial charge in [-0.15, -0.1) is 0 Å². The molecule has 5 rings (SSSR count). The lowest BCUT2D eigenvalue weighted by Crippen LogP contribution is -2.39. The molecule has 40 heavy (non-hydrogen) atoms. The van der Waals surface area contributed by atoms with Crippen molar-refractivity contribution >= 4 is 29.1 Å². The van der Waals surface area contributed by atoms with Crippen LogP contribution in [0.3, 0.4) is 0 Å². The average Bonchev–Trinajstić information content (AvgIpc) is 3.26. The van der Waals surface area contributed by atoms with Gasteiger partial charge >= 0.3 is 5.97 Å². The van der Waals surface area contributed by atoms with Gasteiger partial charge in [0.1, 0.15) is 12.4 Å². The Hall–Kier alpha value is -4.83. The summed E-state index contributed by atoms with van der Waals surface area (Å²) in [4.78, 5) is 42.3. The van der Waals surface area contributed by atoms with E-state index in [9.17, 15) is 19.7 Å². The fraction of sp³-hybridized carbons (Fsp3) is 0.167. The number of esters is 1. The number of allylic oxidation sites excluding steroid dienone is 1. The third kappa shape index (κ3) is 5.48. The van der Waals surface area contributed by atoms with Gasteiger partial charge in [0.25, 0.3) is 11.2 Å². The molecular formula is C30H25N3O6S. The van der Waals surface area contributed by atoms with Gasteiger partial charge in [-0.25, -0.2) is 9.79 Å². The minimum absolute atomic E-state index is 0.0375. The molecule has 202 valence electrons. The molecule has 2 heterocycles. The Morgan fingerprint density at radius 3 is 2.42 bits per heavy atom. The van der Waals surface area contributed by atoms with E-state index in [4.69, 9.17) is 9.47 Å². The molecule has 0 spiro atoms. The summed E-state index contributed by atoms with van der Waals surface area (Å²) < 4.78 is 13.2. The van der Waals surface area contributed by atoms with Crippen LogP contribution in [-0.2, 0) is 16.1 Å². The molecule has 1 aliphatic heterocycles. The first-order chi connectivity index (χ1) is 19.4. The van der Waals surface area contributed by atoms with Crippen molar-refractivity contribution in [3.05, 3.63) is 137 Å². The number of nitrogens with zero attached hydrogens (tertiary/aromatic N) is 3. The summed E-state index contributed by atoms with van der Waals surface area (Å²) in [7, 11) is 0. The van der Waals surface area contributed by atoms with Gasteiger partial charge in [-0.05, 0) is 60.9 Å². The number of non-ortho nitro benzene ring substituents is 1. The van der Waals surface area contributed by atoms with Crippen LogP contribution in [0.1, 0.15) is 36.6 Å². The average molecular weight is 556 g/mol. The summed E-state index contributed by atoms with van der Waals surface area (Å²) in [5.41, 5.74) is 2.76. The molecule has 0 N–H and O–H groups in total. The molecule has 3 aromatic carbocycles. The van der Waals surface area contributed by atoms with E-state index >= 15 is 0 Å². The van der Waals surface area contributed by atoms with E-state index in [1.165, 1.54) is 28.0 Å². The van der Waals surface area contributed by atoms with Crippen molar-refractivity contribution in [1.82, 2.24) is 4.57 Å². The van der Waals surface area contributed by atoms with Gasteiger partial charge < -0.3 is 9.47 Å². The highest BCUT2D eigenvalue weighted by Crippen LogP contribution is 2.31. The number of hydrogen-bond donors (Lipinski definition) is 0. The molecule has 0 saturated carbocycles. The van der Waals surface area contributed by atoms with Crippen LogP contribution in [0.4, 0.5) is 5.69 Å². The molecule has 1 atom stereocenters. The second-order valence-electron chi connectivity index (χ2n) is 8.99. The molecule has 0 aliphatic carbocycles. The summed E-state index contributed by atoms with van der Waals surface area (Å²) in [5.74, 6) is 0.111. The first-order valence-corrected chi connectivity index (χ1v) is 13.4. The van der Waals surface area contributed by atoms with Crippen LogP contribution in [0.5, 0.6) is 5.75 Å². The summed E-state index contributed by atoms with van der Waals surface area (Å²) >= 11 is 1.19. The third-order valence-electron chi connectivity index (χ3n) is 6.36. The Kier molecular flexibility index (Phi) is 7.70. The second-order valence-corrected chi connectivity index (χ2v) is 10.0. The third-order valence-corrected chi connectivity index (χ3v) is 7.35. The quantitative estimate of drug-likeness (QED) is 0.182. The van der Waals surface area contributed by atoms with Gasteiger partial charge in [-0.2, -0.15) is 0 Å². The second kappa shape index (κ2) is 11.5. The van der Waals surface area contributed by atoms with E-state index in [-0.39, 0.29) is 23.4 Å². The topological polar surface area (TPSA) is 113 Å². The molecule has 1 unspecified atom stereocenters. The number of carbonyl (C=O) groups excluding carboxylic acids is 1. The number of hydrogen-bond acceptors (Lipinski definition) is 8. The Morgan fingerprint density at radius 2 is 1.77 bits per heavy atom. The highest BCUT2D eigenvalue weighted by Gasteiger charge is 2.33. The van der Waals surface area contributed by atoms with Crippen molar-refractivity contribution in [2.24, 2.45) is 4.99 Å². The van der Waals surface area contributed by atoms with E-state index in [1.54, 1.807) is 32.1 Å². The van der Waals surface area contributed by atoms with Gasteiger partial charge in [0.2, 0.25) is 0 Å². The highest BCUT2D eigenvalue weighted by molar-refractivity contribution is 7.07. The molecular weight excluding hydrogens is 530 g/mol. The van der Waals surface area contributed by atoms with Crippen molar-refractivity contribution in [2.75, 3.05) is 6.61 Å². The predicted octanol–water partition coefficient (Wildman–Crippen LogP) is 4.29. The van der Waals surface area contributed by atoms with E-state index < -0.39 is 16.9 Å². The molecule has 0 fully saturated rings. The van der Waals surface area contributed by atoms with E-state index in [2.05, 4.69) is 4.99 Å². The summed E-state index contributed by atoms with van der Waals surface area (Å²) in [6.45, 7) is 4.04. The number of aromatic nitrogens is 1. The largest absolute Gasteiger partial charge is 0.489 e. The standard InChI is InChI=1S/C30H25N3O6S/c1-3-38-29(35)26-19(2)31-30-32(28(34)25(40-30)17-20-9-13-23(14-10-20)33(36)37)27(26)22-11-15-24(16-12-22)39-18-21-7-5-4-6-8-21/h4-17,27H,3,18H2,1-2H3/b25-17-. The number of rotatable bonds is 8. The van der Waals surface area contributed by atoms with Gasteiger partial charge in [0.05, 0.1) is 33.4 Å². The monoisotopic (exact) mass is 555 g/mol. The number of ether oxygens (including phenoxy) is 2. The first-order valence-electron chi connectivity index (χ1n) is 12.6. The molecule has 0 radical (unpaired) electrons. The molecule has 0 bridgehead atoms. The van der Waals surface area contributed by atoms with Gasteiger partial charge in [-0.3, -0.25) is 19.5 Å². The van der Waals surface area contributed by atoms with Crippen molar-refractivity contribution < 1.29 is 19.2 Å². The van der Waals surface area contributed by atoms with Crippen molar-refractivity contribution in [1.29, 1.82) is 0 Å². The van der Waals surface area contributed by atoms with Crippen LogP contribution in [0.2, 0.25) is 0 Å². The zero-order valence-corrected chi connectivity index (χ0v) is 22.6. The molecule has 0 saturated heterocycles. The zero-order chi connectivity index (χ0) is 28.2. The maximum Gasteiger partial charge on any atom is 0.338 e. The Morgan fingerprint density at radius 1 is 1.07 bits per heavy atom. The zero-order valence-electron chi connectivity index (χ0n) is 21.8. The Labute approximate surface area is 233 Å². The van der Waals surface area contributed by atoms with Crippen molar-refractivity contribution in [3.63, 3.8) is 0 Å².